The standard InChI is InChI=1S/C15H10F6N2S/c16-14(17,18)9-4-3-5-10(8-9)22-13(24)23-12-7-2-1-6-11(12)15(19,20)21/h1-8H,(H2,22,23,24). The van der Waals surface area contributed by atoms with E-state index in [1.54, 1.807) is 0 Å². The highest BCUT2D eigenvalue weighted by atomic mass is 32.1. The molecule has 0 unspecified atom stereocenters. The van der Waals surface area contributed by atoms with E-state index in [0.29, 0.717) is 0 Å². The van der Waals surface area contributed by atoms with E-state index in [1.807, 2.05) is 0 Å². The minimum absolute atomic E-state index is 0.00631. The lowest BCUT2D eigenvalue weighted by Crippen LogP contribution is -2.21. The predicted octanol–water partition coefficient (Wildman–Crippen LogP) is 5.53. The van der Waals surface area contributed by atoms with Gasteiger partial charge in [-0.2, -0.15) is 26.3 Å². The third kappa shape index (κ3) is 4.60. The van der Waals surface area contributed by atoms with Crippen LogP contribution in [0, 0.1) is 0 Å². The van der Waals surface area contributed by atoms with Crippen LogP contribution in [-0.2, 0) is 12.4 Å². The van der Waals surface area contributed by atoms with Gasteiger partial charge < -0.3 is 10.6 Å². The monoisotopic (exact) mass is 364 g/mol. The maximum absolute atomic E-state index is 12.9. The highest BCUT2D eigenvalue weighted by molar-refractivity contribution is 7.80. The Morgan fingerprint density at radius 3 is 2.08 bits per heavy atom. The lowest BCUT2D eigenvalue weighted by molar-refractivity contribution is -0.138. The van der Waals surface area contributed by atoms with E-state index in [2.05, 4.69) is 10.6 Å². The van der Waals surface area contributed by atoms with Gasteiger partial charge in [-0.05, 0) is 42.5 Å². The number of para-hydroxylation sites is 1. The molecule has 0 saturated carbocycles. The number of anilines is 2. The van der Waals surface area contributed by atoms with Crippen LogP contribution in [0.15, 0.2) is 48.5 Å². The van der Waals surface area contributed by atoms with Crippen molar-refractivity contribution in [1.29, 1.82) is 0 Å². The van der Waals surface area contributed by atoms with Crippen molar-refractivity contribution in [3.63, 3.8) is 0 Å². The van der Waals surface area contributed by atoms with Gasteiger partial charge >= 0.3 is 12.4 Å². The first-order valence-electron chi connectivity index (χ1n) is 6.49. The SMILES string of the molecule is FC(F)(F)c1cccc(NC(=S)Nc2ccccc2C(F)(F)F)c1. The van der Waals surface area contributed by atoms with E-state index in [-0.39, 0.29) is 16.5 Å². The van der Waals surface area contributed by atoms with Crippen molar-refractivity contribution < 1.29 is 26.3 Å². The summed E-state index contributed by atoms with van der Waals surface area (Å²) in [5, 5.41) is 4.52. The summed E-state index contributed by atoms with van der Waals surface area (Å²) in [5.74, 6) is 0. The van der Waals surface area contributed by atoms with Gasteiger partial charge in [-0.25, -0.2) is 0 Å². The van der Waals surface area contributed by atoms with Crippen LogP contribution in [0.25, 0.3) is 0 Å². The molecule has 0 fully saturated rings. The summed E-state index contributed by atoms with van der Waals surface area (Å²) in [7, 11) is 0. The molecule has 24 heavy (non-hydrogen) atoms. The summed E-state index contributed by atoms with van der Waals surface area (Å²) >= 11 is 4.87. The average molecular weight is 364 g/mol. The zero-order chi connectivity index (χ0) is 18.0. The van der Waals surface area contributed by atoms with Crippen molar-refractivity contribution in [2.45, 2.75) is 12.4 Å². The van der Waals surface area contributed by atoms with Gasteiger partial charge in [0.1, 0.15) is 0 Å². The number of benzene rings is 2. The molecule has 0 saturated heterocycles. The largest absolute Gasteiger partial charge is 0.418 e. The molecular weight excluding hydrogens is 354 g/mol. The highest BCUT2D eigenvalue weighted by Crippen LogP contribution is 2.35. The maximum atomic E-state index is 12.9. The number of alkyl halides is 6. The van der Waals surface area contributed by atoms with Crippen molar-refractivity contribution in [2.75, 3.05) is 10.6 Å². The van der Waals surface area contributed by atoms with Crippen LogP contribution in [0.4, 0.5) is 37.7 Å². The summed E-state index contributed by atoms with van der Waals surface area (Å²) in [6.07, 6.45) is -9.12. The molecule has 2 N–H and O–H groups in total. The molecule has 2 rings (SSSR count). The van der Waals surface area contributed by atoms with E-state index in [4.69, 9.17) is 12.2 Å². The van der Waals surface area contributed by atoms with Crippen LogP contribution in [-0.4, -0.2) is 5.11 Å². The molecule has 0 radical (unpaired) electrons. The van der Waals surface area contributed by atoms with E-state index in [9.17, 15) is 26.3 Å². The fraction of sp³-hybridized carbons (Fsp3) is 0.133. The molecular formula is C15H10F6N2S. The Kier molecular flexibility index (Phi) is 5.02. The summed E-state index contributed by atoms with van der Waals surface area (Å²) < 4.78 is 76.5. The maximum Gasteiger partial charge on any atom is 0.418 e. The average Bonchev–Trinajstić information content (AvgIpc) is 2.46. The van der Waals surface area contributed by atoms with E-state index < -0.39 is 23.5 Å². The van der Waals surface area contributed by atoms with Crippen molar-refractivity contribution >= 4 is 28.7 Å². The summed E-state index contributed by atoms with van der Waals surface area (Å²) in [4.78, 5) is 0. The Morgan fingerprint density at radius 1 is 0.792 bits per heavy atom. The smallest absolute Gasteiger partial charge is 0.332 e. The van der Waals surface area contributed by atoms with Gasteiger partial charge in [-0.3, -0.25) is 0 Å². The van der Waals surface area contributed by atoms with Gasteiger partial charge in [0.15, 0.2) is 5.11 Å². The van der Waals surface area contributed by atoms with Gasteiger partial charge in [-0.15, -0.1) is 0 Å². The first-order valence-corrected chi connectivity index (χ1v) is 6.89. The van der Waals surface area contributed by atoms with Crippen molar-refractivity contribution in [1.82, 2.24) is 0 Å². The molecule has 2 nitrogen and oxygen atoms in total. The molecule has 0 heterocycles. The fourth-order valence-electron chi connectivity index (χ4n) is 1.90. The predicted molar refractivity (Wildman–Crippen MR) is 82.7 cm³/mol. The molecule has 0 atom stereocenters. The normalized spacial score (nSPS) is 11.9. The van der Waals surface area contributed by atoms with Crippen LogP contribution < -0.4 is 10.6 Å². The molecule has 9 heteroatoms. The Balaban J connectivity index is 2.16. The van der Waals surface area contributed by atoms with Crippen LogP contribution in [0.3, 0.4) is 0 Å². The van der Waals surface area contributed by atoms with Crippen molar-refractivity contribution in [2.24, 2.45) is 0 Å². The van der Waals surface area contributed by atoms with E-state index >= 15 is 0 Å². The molecule has 0 amide bonds. The lowest BCUT2D eigenvalue weighted by atomic mass is 10.1. The molecule has 2 aromatic rings. The number of thiocarbonyl (C=S) groups is 1. The van der Waals surface area contributed by atoms with Crippen molar-refractivity contribution in [3.8, 4) is 0 Å². The Hall–Kier alpha value is -2.29. The van der Waals surface area contributed by atoms with E-state index in [1.165, 1.54) is 24.3 Å². The molecule has 0 bridgehead atoms. The van der Waals surface area contributed by atoms with Gasteiger partial charge in [0.25, 0.3) is 0 Å². The molecule has 0 aliphatic heterocycles. The quantitative estimate of drug-likeness (QED) is 0.541. The minimum Gasteiger partial charge on any atom is -0.332 e. The summed E-state index contributed by atoms with van der Waals surface area (Å²) in [6.45, 7) is 0. The molecule has 0 aromatic heterocycles. The molecule has 0 aliphatic rings. The van der Waals surface area contributed by atoms with E-state index in [0.717, 1.165) is 24.3 Å². The second-order valence-corrected chi connectivity index (χ2v) is 5.11. The van der Waals surface area contributed by atoms with Crippen LogP contribution in [0.5, 0.6) is 0 Å². The fourth-order valence-corrected chi connectivity index (χ4v) is 2.13. The lowest BCUT2D eigenvalue weighted by Gasteiger charge is -2.16. The van der Waals surface area contributed by atoms with Gasteiger partial charge in [0.05, 0.1) is 16.8 Å². The third-order valence-electron chi connectivity index (χ3n) is 2.93. The molecule has 0 spiro atoms. The number of nitrogens with one attached hydrogen (secondary N) is 2. The second-order valence-electron chi connectivity index (χ2n) is 4.70. The van der Waals surface area contributed by atoms with Crippen molar-refractivity contribution in [3.05, 3.63) is 59.7 Å². The number of hydrogen-bond donors (Lipinski definition) is 2. The number of hydrogen-bond acceptors (Lipinski definition) is 1. The van der Waals surface area contributed by atoms with Crippen LogP contribution in [0.2, 0.25) is 0 Å². The summed E-state index contributed by atoms with van der Waals surface area (Å²) in [6, 6.07) is 8.81. The number of halogens is 6. The minimum atomic E-state index is -4.59. The first-order chi connectivity index (χ1) is 11.1. The van der Waals surface area contributed by atoms with Gasteiger partial charge in [-0.1, -0.05) is 18.2 Å². The molecule has 0 aliphatic carbocycles. The Morgan fingerprint density at radius 2 is 1.46 bits per heavy atom. The van der Waals surface area contributed by atoms with Gasteiger partial charge in [0, 0.05) is 5.69 Å². The third-order valence-corrected chi connectivity index (χ3v) is 3.13. The van der Waals surface area contributed by atoms with Gasteiger partial charge in [0.2, 0.25) is 0 Å². The Labute approximate surface area is 138 Å². The Bertz CT molecular complexity index is 739. The zero-order valence-corrected chi connectivity index (χ0v) is 12.6. The zero-order valence-electron chi connectivity index (χ0n) is 11.8. The highest BCUT2D eigenvalue weighted by Gasteiger charge is 2.33. The molecule has 2 aromatic carbocycles. The second kappa shape index (κ2) is 6.68. The van der Waals surface area contributed by atoms with Crippen LogP contribution in [0.1, 0.15) is 11.1 Å². The first kappa shape index (κ1) is 18.1. The topological polar surface area (TPSA) is 24.1 Å². The number of rotatable bonds is 2. The summed E-state index contributed by atoms with van der Waals surface area (Å²) in [5.41, 5.74) is -2.12. The van der Waals surface area contributed by atoms with Crippen LogP contribution >= 0.6 is 12.2 Å². The molecule has 128 valence electrons.